The number of para-hydroxylation sites is 2. The molecule has 6 heteroatoms. The summed E-state index contributed by atoms with van der Waals surface area (Å²) in [5.74, 6) is -0.767. The van der Waals surface area contributed by atoms with Crippen molar-refractivity contribution in [3.8, 4) is 11.1 Å². The zero-order chi connectivity index (χ0) is 23.1. The van der Waals surface area contributed by atoms with Gasteiger partial charge in [0.25, 0.3) is 0 Å². The van der Waals surface area contributed by atoms with Crippen LogP contribution in [-0.2, 0) is 0 Å². The third-order valence-corrected chi connectivity index (χ3v) is 6.59. The first-order valence-electron chi connectivity index (χ1n) is 11.3. The first-order chi connectivity index (χ1) is 16.7. The minimum absolute atomic E-state index is 0.322. The van der Waals surface area contributed by atoms with Crippen LogP contribution in [0.25, 0.3) is 32.9 Å². The van der Waals surface area contributed by atoms with E-state index in [4.69, 9.17) is 0 Å². The number of nitroso groups, excluding NO2 is 1. The van der Waals surface area contributed by atoms with Crippen LogP contribution in [0, 0.1) is 4.91 Å². The fourth-order valence-corrected chi connectivity index (χ4v) is 5.01. The molecule has 5 aromatic rings. The lowest BCUT2D eigenvalue weighted by Gasteiger charge is -2.25. The first kappa shape index (κ1) is 20.2. The van der Waals surface area contributed by atoms with Gasteiger partial charge in [0.1, 0.15) is 0 Å². The Morgan fingerprint density at radius 2 is 1.47 bits per heavy atom. The second-order valence-electron chi connectivity index (χ2n) is 8.51. The Hall–Kier alpha value is -4.45. The molecule has 1 N–H and O–H groups in total. The van der Waals surface area contributed by atoms with Crippen LogP contribution in [0.1, 0.15) is 10.4 Å². The summed E-state index contributed by atoms with van der Waals surface area (Å²) in [7, 11) is 0. The van der Waals surface area contributed by atoms with E-state index in [-0.39, 0.29) is 0 Å². The van der Waals surface area contributed by atoms with Gasteiger partial charge in [-0.2, -0.15) is 0 Å². The Morgan fingerprint density at radius 3 is 2.24 bits per heavy atom. The molecule has 166 valence electrons. The number of carbonyl (C=O) groups excluding carboxylic acids is 1. The average molecular weight is 447 g/mol. The lowest BCUT2D eigenvalue weighted by Crippen LogP contribution is -2.25. The fraction of sp³-hybridized carbons (Fsp3) is 0.107. The van der Waals surface area contributed by atoms with Crippen LogP contribution in [-0.4, -0.2) is 30.6 Å². The zero-order valence-corrected chi connectivity index (χ0v) is 18.4. The number of benzene rings is 4. The van der Waals surface area contributed by atoms with Gasteiger partial charge >= 0.3 is 5.91 Å². The molecule has 1 amide bonds. The van der Waals surface area contributed by atoms with Gasteiger partial charge in [0.2, 0.25) is 0 Å². The standard InChI is InChI=1S/C28H22N4O2/c33-28(30-34)26-25(19-9-3-1-4-10-19)24(17-22-21-13-7-8-14-23(21)29-27(22)26)32-16-15-31(18-32)20-11-5-2-6-12-20/h1-14,17,29H,15-16,18H2. The largest absolute Gasteiger partial charge is 0.354 e. The molecule has 34 heavy (non-hydrogen) atoms. The number of aromatic nitrogens is 1. The average Bonchev–Trinajstić information content (AvgIpc) is 3.53. The maximum absolute atomic E-state index is 13.0. The van der Waals surface area contributed by atoms with Crippen LogP contribution >= 0.6 is 0 Å². The predicted octanol–water partition coefficient (Wildman–Crippen LogP) is 6.18. The highest BCUT2D eigenvalue weighted by atomic mass is 16.3. The predicted molar refractivity (Wildman–Crippen MR) is 137 cm³/mol. The summed E-state index contributed by atoms with van der Waals surface area (Å²) in [4.78, 5) is 32.6. The molecule has 1 fully saturated rings. The SMILES string of the molecule is O=NC(=O)c1c(-c2ccccc2)c(N2CCN(c3ccccc3)C2)cc2c1[nH]c1ccccc12. The molecular weight excluding hydrogens is 424 g/mol. The number of hydrogen-bond acceptors (Lipinski definition) is 4. The first-order valence-corrected chi connectivity index (χ1v) is 11.3. The Kier molecular flexibility index (Phi) is 4.84. The summed E-state index contributed by atoms with van der Waals surface area (Å²) in [6.07, 6.45) is 0. The van der Waals surface area contributed by atoms with Gasteiger partial charge in [-0.15, -0.1) is 4.91 Å². The molecule has 2 heterocycles. The minimum atomic E-state index is -0.767. The molecule has 0 aliphatic carbocycles. The van der Waals surface area contributed by atoms with E-state index in [1.54, 1.807) is 0 Å². The van der Waals surface area contributed by atoms with Crippen LogP contribution in [0.15, 0.2) is 96.2 Å². The fourth-order valence-electron chi connectivity index (χ4n) is 5.01. The Balaban J connectivity index is 1.62. The zero-order valence-electron chi connectivity index (χ0n) is 18.4. The lowest BCUT2D eigenvalue weighted by atomic mass is 9.93. The molecular formula is C28H22N4O2. The van der Waals surface area contributed by atoms with E-state index in [2.05, 4.69) is 38.2 Å². The molecule has 1 saturated heterocycles. The summed E-state index contributed by atoms with van der Waals surface area (Å²) in [5, 5.41) is 4.78. The molecule has 4 aromatic carbocycles. The number of fused-ring (bicyclic) bond motifs is 3. The van der Waals surface area contributed by atoms with E-state index >= 15 is 0 Å². The maximum Gasteiger partial charge on any atom is 0.319 e. The Labute approximate surface area is 196 Å². The molecule has 0 atom stereocenters. The second kappa shape index (κ2) is 8.15. The third kappa shape index (κ3) is 3.23. The molecule has 0 bridgehead atoms. The molecule has 0 radical (unpaired) electrons. The Bertz CT molecular complexity index is 1530. The number of amides is 1. The van der Waals surface area contributed by atoms with E-state index in [1.165, 1.54) is 0 Å². The van der Waals surface area contributed by atoms with Crippen molar-refractivity contribution in [1.29, 1.82) is 0 Å². The summed E-state index contributed by atoms with van der Waals surface area (Å²) >= 11 is 0. The summed E-state index contributed by atoms with van der Waals surface area (Å²) < 4.78 is 0. The van der Waals surface area contributed by atoms with Crippen LogP contribution in [0.3, 0.4) is 0 Å². The van der Waals surface area contributed by atoms with Crippen molar-refractivity contribution in [2.45, 2.75) is 0 Å². The van der Waals surface area contributed by atoms with Crippen molar-refractivity contribution in [1.82, 2.24) is 4.98 Å². The maximum atomic E-state index is 13.0. The molecule has 1 aliphatic rings. The second-order valence-corrected chi connectivity index (χ2v) is 8.51. The van der Waals surface area contributed by atoms with Gasteiger partial charge in [0, 0.05) is 51.5 Å². The van der Waals surface area contributed by atoms with Gasteiger partial charge in [0.15, 0.2) is 0 Å². The quantitative estimate of drug-likeness (QED) is 0.335. The molecule has 6 nitrogen and oxygen atoms in total. The van der Waals surface area contributed by atoms with E-state index in [0.29, 0.717) is 17.7 Å². The normalized spacial score (nSPS) is 13.6. The van der Waals surface area contributed by atoms with Crippen molar-refractivity contribution in [2.75, 3.05) is 29.6 Å². The number of nitrogens with one attached hydrogen (secondary N) is 1. The number of nitrogens with zero attached hydrogens (tertiary/aromatic N) is 3. The van der Waals surface area contributed by atoms with Crippen LogP contribution in [0.2, 0.25) is 0 Å². The molecule has 0 unspecified atom stereocenters. The summed E-state index contributed by atoms with van der Waals surface area (Å²) in [6.45, 7) is 2.34. The van der Waals surface area contributed by atoms with Crippen molar-refractivity contribution in [2.24, 2.45) is 5.18 Å². The minimum Gasteiger partial charge on any atom is -0.354 e. The van der Waals surface area contributed by atoms with Crippen LogP contribution in [0.5, 0.6) is 0 Å². The third-order valence-electron chi connectivity index (χ3n) is 6.59. The van der Waals surface area contributed by atoms with Crippen molar-refractivity contribution >= 4 is 39.1 Å². The smallest absolute Gasteiger partial charge is 0.319 e. The lowest BCUT2D eigenvalue weighted by molar-refractivity contribution is 0.100. The number of aromatic amines is 1. The van der Waals surface area contributed by atoms with Gasteiger partial charge in [-0.25, -0.2) is 0 Å². The molecule has 0 spiro atoms. The molecule has 1 aromatic heterocycles. The number of anilines is 2. The topological polar surface area (TPSA) is 68.8 Å². The number of carbonyl (C=O) groups is 1. The molecule has 6 rings (SSSR count). The van der Waals surface area contributed by atoms with Crippen molar-refractivity contribution in [3.63, 3.8) is 0 Å². The highest BCUT2D eigenvalue weighted by molar-refractivity contribution is 6.20. The van der Waals surface area contributed by atoms with E-state index in [1.807, 2.05) is 72.8 Å². The van der Waals surface area contributed by atoms with E-state index < -0.39 is 5.91 Å². The number of rotatable bonds is 4. The van der Waals surface area contributed by atoms with Gasteiger partial charge in [0.05, 0.1) is 17.7 Å². The number of H-pyrrole nitrogens is 1. The van der Waals surface area contributed by atoms with Crippen molar-refractivity contribution < 1.29 is 4.79 Å². The summed E-state index contributed by atoms with van der Waals surface area (Å²) in [5.41, 5.74) is 5.58. The van der Waals surface area contributed by atoms with Gasteiger partial charge in [-0.05, 0) is 29.8 Å². The number of hydrogen-bond donors (Lipinski definition) is 1. The molecule has 1 aliphatic heterocycles. The summed E-state index contributed by atoms with van der Waals surface area (Å²) in [6, 6.07) is 30.2. The molecule has 0 saturated carbocycles. The van der Waals surface area contributed by atoms with Gasteiger partial charge in [-0.1, -0.05) is 66.7 Å². The monoisotopic (exact) mass is 446 g/mol. The van der Waals surface area contributed by atoms with E-state index in [9.17, 15) is 9.70 Å². The van der Waals surface area contributed by atoms with Crippen LogP contribution in [0.4, 0.5) is 11.4 Å². The van der Waals surface area contributed by atoms with E-state index in [0.717, 1.165) is 51.9 Å². The van der Waals surface area contributed by atoms with Crippen LogP contribution < -0.4 is 9.80 Å². The van der Waals surface area contributed by atoms with Gasteiger partial charge in [-0.3, -0.25) is 4.79 Å². The Morgan fingerprint density at radius 1 is 0.794 bits per heavy atom. The van der Waals surface area contributed by atoms with Crippen molar-refractivity contribution in [3.05, 3.63) is 101 Å². The highest BCUT2D eigenvalue weighted by Gasteiger charge is 2.29. The van der Waals surface area contributed by atoms with Gasteiger partial charge < -0.3 is 14.8 Å². The highest BCUT2D eigenvalue weighted by Crippen LogP contribution is 2.42.